The van der Waals surface area contributed by atoms with Crippen molar-refractivity contribution in [3.63, 3.8) is 0 Å². The Morgan fingerprint density at radius 3 is 3.00 bits per heavy atom. The average molecular weight is 348 g/mol. The molecule has 0 aromatic heterocycles. The smallest absolute Gasteiger partial charge is 0.337 e. The van der Waals surface area contributed by atoms with Gasteiger partial charge in [-0.2, -0.15) is 0 Å². The fraction of sp³-hybridized carbons (Fsp3) is 0.333. The lowest BCUT2D eigenvalue weighted by molar-refractivity contribution is -0.138. The van der Waals surface area contributed by atoms with E-state index in [4.69, 9.17) is 14.5 Å². The maximum Gasteiger partial charge on any atom is 0.337 e. The van der Waals surface area contributed by atoms with Crippen LogP contribution in [0.25, 0.3) is 22.2 Å². The summed E-state index contributed by atoms with van der Waals surface area (Å²) in [5.41, 5.74) is 5.05. The van der Waals surface area contributed by atoms with Gasteiger partial charge in [-0.15, -0.1) is 0 Å². The summed E-state index contributed by atoms with van der Waals surface area (Å²) in [6.07, 6.45) is 4.57. The van der Waals surface area contributed by atoms with Crippen LogP contribution in [0.15, 0.2) is 48.4 Å². The lowest BCUT2D eigenvalue weighted by Crippen LogP contribution is -2.42. The Morgan fingerprint density at radius 2 is 2.15 bits per heavy atom. The number of hydrogen-bond acceptors (Lipinski definition) is 4. The fourth-order valence-corrected chi connectivity index (χ4v) is 4.49. The van der Waals surface area contributed by atoms with E-state index in [0.717, 1.165) is 24.2 Å². The molecule has 1 aromatic carbocycles. The molecule has 4 aliphatic rings. The van der Waals surface area contributed by atoms with E-state index in [1.807, 2.05) is 18.2 Å². The molecule has 1 aromatic rings. The van der Waals surface area contributed by atoms with Gasteiger partial charge in [0, 0.05) is 41.2 Å². The second kappa shape index (κ2) is 5.59. The number of carbonyl (C=O) groups excluding carboxylic acids is 1. The van der Waals surface area contributed by atoms with Crippen LogP contribution in [-0.4, -0.2) is 28.7 Å². The van der Waals surface area contributed by atoms with E-state index in [-0.39, 0.29) is 23.9 Å². The number of hydrogen-bond donors (Lipinski definition) is 0. The van der Waals surface area contributed by atoms with E-state index in [0.29, 0.717) is 5.57 Å². The van der Waals surface area contributed by atoms with Crippen LogP contribution in [0.5, 0.6) is 0 Å². The van der Waals surface area contributed by atoms with Gasteiger partial charge in [-0.05, 0) is 25.5 Å². The van der Waals surface area contributed by atoms with Gasteiger partial charge in [-0.3, -0.25) is 0 Å². The van der Waals surface area contributed by atoms with Crippen molar-refractivity contribution in [1.82, 2.24) is 9.55 Å². The Balaban J connectivity index is 1.66. The number of pyridine rings is 1. The minimum Gasteiger partial charge on any atom is -0.497 e. The third kappa shape index (κ3) is 2.09. The normalized spacial score (nSPS) is 24.5. The number of methoxy groups -OCH3 is 1. The Labute approximate surface area is 151 Å². The predicted molar refractivity (Wildman–Crippen MR) is 97.7 cm³/mol. The maximum atomic E-state index is 12.3. The van der Waals surface area contributed by atoms with Crippen molar-refractivity contribution in [3.8, 4) is 11.3 Å². The molecule has 0 aliphatic carbocycles. The molecule has 0 spiro atoms. The molecule has 5 rings (SSSR count). The third-order valence-corrected chi connectivity index (χ3v) is 5.89. The fourth-order valence-electron chi connectivity index (χ4n) is 4.49. The first-order chi connectivity index (χ1) is 12.7. The minimum atomic E-state index is -0.298. The summed E-state index contributed by atoms with van der Waals surface area (Å²) in [4.78, 5) is 17.1. The Hall–Kier alpha value is -2.82. The molecule has 0 fully saturated rings. The van der Waals surface area contributed by atoms with E-state index >= 15 is 0 Å². The van der Waals surface area contributed by atoms with E-state index in [9.17, 15) is 4.79 Å². The van der Waals surface area contributed by atoms with Crippen LogP contribution < -0.4 is 0 Å². The molecule has 0 saturated carbocycles. The molecule has 4 aliphatic heterocycles. The molecule has 5 nitrogen and oxygen atoms in total. The first-order valence-corrected chi connectivity index (χ1v) is 8.97. The SMILES string of the molecule is COC(=O)C1=CO[C@H](C)[C@H]2Cn3ccc4c5ccccc5nc-4c3C[C@H]12. The molecular formula is C21H20N2O3. The minimum absolute atomic E-state index is 0.0662. The van der Waals surface area contributed by atoms with Gasteiger partial charge < -0.3 is 14.0 Å². The molecule has 3 atom stereocenters. The van der Waals surface area contributed by atoms with Crippen molar-refractivity contribution >= 4 is 16.9 Å². The number of ether oxygens (including phenoxy) is 2. The largest absolute Gasteiger partial charge is 0.497 e. The van der Waals surface area contributed by atoms with Gasteiger partial charge in [-0.1, -0.05) is 18.2 Å². The number of fused-ring (bicyclic) bond motifs is 6. The molecule has 0 radical (unpaired) electrons. The van der Waals surface area contributed by atoms with Gasteiger partial charge in [0.25, 0.3) is 0 Å². The summed E-state index contributed by atoms with van der Waals surface area (Å²) in [7, 11) is 1.42. The van der Waals surface area contributed by atoms with Crippen LogP contribution in [0.2, 0.25) is 0 Å². The Morgan fingerprint density at radius 1 is 1.31 bits per heavy atom. The quantitative estimate of drug-likeness (QED) is 0.633. The average Bonchev–Trinajstić information content (AvgIpc) is 3.06. The van der Waals surface area contributed by atoms with Gasteiger partial charge in [-0.25, -0.2) is 9.78 Å². The number of aromatic nitrogens is 2. The highest BCUT2D eigenvalue weighted by molar-refractivity contribution is 5.98. The van der Waals surface area contributed by atoms with Crippen molar-refractivity contribution in [1.29, 1.82) is 0 Å². The number of benzene rings is 1. The summed E-state index contributed by atoms with van der Waals surface area (Å²) in [6.45, 7) is 2.88. The highest BCUT2D eigenvalue weighted by atomic mass is 16.5. The van der Waals surface area contributed by atoms with Gasteiger partial charge in [0.05, 0.1) is 30.2 Å². The van der Waals surface area contributed by atoms with E-state index in [1.165, 1.54) is 23.8 Å². The van der Waals surface area contributed by atoms with Crippen LogP contribution in [-0.2, 0) is 27.2 Å². The van der Waals surface area contributed by atoms with Crippen molar-refractivity contribution in [2.75, 3.05) is 7.11 Å². The van der Waals surface area contributed by atoms with Crippen molar-refractivity contribution in [3.05, 3.63) is 54.1 Å². The van der Waals surface area contributed by atoms with Crippen LogP contribution in [0.1, 0.15) is 12.6 Å². The van der Waals surface area contributed by atoms with Crippen LogP contribution >= 0.6 is 0 Å². The predicted octanol–water partition coefficient (Wildman–Crippen LogP) is 3.41. The number of nitrogens with zero attached hydrogens (tertiary/aromatic N) is 2. The second-order valence-corrected chi connectivity index (χ2v) is 7.19. The van der Waals surface area contributed by atoms with E-state index < -0.39 is 0 Å². The third-order valence-electron chi connectivity index (χ3n) is 5.89. The molecule has 0 unspecified atom stereocenters. The molecular weight excluding hydrogens is 328 g/mol. The molecule has 4 heterocycles. The lowest BCUT2D eigenvalue weighted by Gasteiger charge is -2.41. The summed E-state index contributed by atoms with van der Waals surface area (Å²) in [6, 6.07) is 10.4. The van der Waals surface area contributed by atoms with E-state index in [2.05, 4.69) is 29.8 Å². The Kier molecular flexibility index (Phi) is 3.32. The van der Waals surface area contributed by atoms with Gasteiger partial charge in [0.15, 0.2) is 0 Å². The van der Waals surface area contributed by atoms with Crippen LogP contribution in [0, 0.1) is 11.8 Å². The van der Waals surface area contributed by atoms with Crippen molar-refractivity contribution < 1.29 is 14.3 Å². The molecule has 0 N–H and O–H groups in total. The van der Waals surface area contributed by atoms with E-state index in [1.54, 1.807) is 6.26 Å². The summed E-state index contributed by atoms with van der Waals surface area (Å²) < 4.78 is 13.0. The first-order valence-electron chi connectivity index (χ1n) is 8.97. The van der Waals surface area contributed by atoms with Crippen LogP contribution in [0.4, 0.5) is 0 Å². The zero-order valence-corrected chi connectivity index (χ0v) is 14.8. The molecule has 132 valence electrons. The maximum absolute atomic E-state index is 12.3. The number of para-hydroxylation sites is 1. The number of esters is 1. The molecule has 0 amide bonds. The molecule has 0 saturated heterocycles. The highest BCUT2D eigenvalue weighted by Gasteiger charge is 2.42. The first kappa shape index (κ1) is 15.4. The monoisotopic (exact) mass is 348 g/mol. The zero-order chi connectivity index (χ0) is 17.8. The highest BCUT2D eigenvalue weighted by Crippen LogP contribution is 2.42. The van der Waals surface area contributed by atoms with Crippen LogP contribution in [0.3, 0.4) is 0 Å². The summed E-state index contributed by atoms with van der Waals surface area (Å²) >= 11 is 0. The molecule has 5 heteroatoms. The Bertz CT molecular complexity index is 1020. The number of rotatable bonds is 1. The van der Waals surface area contributed by atoms with Gasteiger partial charge in [0.2, 0.25) is 0 Å². The summed E-state index contributed by atoms with van der Waals surface area (Å²) in [5, 5.41) is 1.18. The number of carbonyl (C=O) groups is 1. The van der Waals surface area contributed by atoms with Crippen molar-refractivity contribution in [2.45, 2.75) is 26.0 Å². The topological polar surface area (TPSA) is 53.4 Å². The van der Waals surface area contributed by atoms with Crippen molar-refractivity contribution in [2.24, 2.45) is 11.8 Å². The standard InChI is InChI=1S/C21H20N2O3/c1-12-16-10-23-8-7-14-13-5-3-4-6-18(13)22-20(14)19(23)9-15(16)17(11-26-12)21(24)25-2/h3-8,11-12,15-16H,9-10H2,1-2H3/t12-,15+,16-/m1/s1. The second-order valence-electron chi connectivity index (χ2n) is 7.19. The van der Waals surface area contributed by atoms with Gasteiger partial charge in [0.1, 0.15) is 6.10 Å². The zero-order valence-electron chi connectivity index (χ0n) is 14.8. The van der Waals surface area contributed by atoms with Gasteiger partial charge >= 0.3 is 5.97 Å². The molecule has 26 heavy (non-hydrogen) atoms. The lowest BCUT2D eigenvalue weighted by atomic mass is 9.75. The molecule has 0 bridgehead atoms. The summed E-state index contributed by atoms with van der Waals surface area (Å²) in [5.74, 6) is 0.0400.